The van der Waals surface area contributed by atoms with Gasteiger partial charge in [0.05, 0.1) is 16.9 Å². The molecular formula is C14H18ClN5O. The number of nitrogens with zero attached hydrogens (tertiary/aromatic N) is 5. The average molecular weight is 308 g/mol. The summed E-state index contributed by atoms with van der Waals surface area (Å²) in [6.07, 6.45) is 6.18. The van der Waals surface area contributed by atoms with Gasteiger partial charge in [-0.15, -0.1) is 0 Å². The fourth-order valence-electron chi connectivity index (χ4n) is 2.88. The molecule has 3 heterocycles. The summed E-state index contributed by atoms with van der Waals surface area (Å²) >= 11 is 5.81. The minimum Gasteiger partial charge on any atom is -0.340 e. The number of carbonyl (C=O) groups is 1. The quantitative estimate of drug-likeness (QED) is 0.865. The Hall–Kier alpha value is -1.82. The zero-order valence-electron chi connectivity index (χ0n) is 12.2. The largest absolute Gasteiger partial charge is 0.340 e. The molecule has 1 aliphatic rings. The van der Waals surface area contributed by atoms with E-state index in [1.165, 1.54) is 6.20 Å². The van der Waals surface area contributed by atoms with Crippen LogP contribution in [0, 0.1) is 6.92 Å². The van der Waals surface area contributed by atoms with Crippen LogP contribution in [0.4, 0.5) is 0 Å². The van der Waals surface area contributed by atoms with E-state index in [0.717, 1.165) is 31.0 Å². The van der Waals surface area contributed by atoms with Crippen LogP contribution in [0.25, 0.3) is 0 Å². The lowest BCUT2D eigenvalue weighted by Gasteiger charge is -2.16. The van der Waals surface area contributed by atoms with Crippen LogP contribution in [0.15, 0.2) is 18.6 Å². The Morgan fingerprint density at radius 3 is 2.90 bits per heavy atom. The van der Waals surface area contributed by atoms with E-state index in [-0.39, 0.29) is 12.5 Å². The highest BCUT2D eigenvalue weighted by atomic mass is 35.5. The van der Waals surface area contributed by atoms with Crippen LogP contribution in [0.2, 0.25) is 5.02 Å². The number of rotatable bonds is 3. The number of imidazole rings is 1. The van der Waals surface area contributed by atoms with E-state index >= 15 is 0 Å². The first-order valence-electron chi connectivity index (χ1n) is 6.98. The van der Waals surface area contributed by atoms with Crippen LogP contribution in [0.1, 0.15) is 23.9 Å². The Morgan fingerprint density at radius 2 is 2.29 bits per heavy atom. The summed E-state index contributed by atoms with van der Waals surface area (Å²) in [6.45, 7) is 3.71. The molecule has 1 amide bonds. The molecule has 1 fully saturated rings. The van der Waals surface area contributed by atoms with Crippen molar-refractivity contribution >= 4 is 17.5 Å². The zero-order valence-corrected chi connectivity index (χ0v) is 12.9. The van der Waals surface area contributed by atoms with Crippen LogP contribution in [0.3, 0.4) is 0 Å². The molecule has 2 aromatic heterocycles. The number of aryl methyl sites for hydroxylation is 2. The molecule has 0 N–H and O–H groups in total. The highest BCUT2D eigenvalue weighted by Crippen LogP contribution is 2.26. The maximum atomic E-state index is 12.3. The van der Waals surface area contributed by atoms with Crippen molar-refractivity contribution in [1.29, 1.82) is 0 Å². The van der Waals surface area contributed by atoms with E-state index in [9.17, 15) is 4.79 Å². The van der Waals surface area contributed by atoms with E-state index in [2.05, 4.69) is 14.6 Å². The van der Waals surface area contributed by atoms with Gasteiger partial charge < -0.3 is 9.47 Å². The van der Waals surface area contributed by atoms with Gasteiger partial charge in [-0.3, -0.25) is 9.48 Å². The number of likely N-dealkylation sites (tertiary alicyclic amines) is 1. The fourth-order valence-corrected chi connectivity index (χ4v) is 3.03. The number of amides is 1. The Bertz CT molecular complexity index is 662. The van der Waals surface area contributed by atoms with Gasteiger partial charge in [-0.1, -0.05) is 11.6 Å². The predicted octanol–water partition coefficient (Wildman–Crippen LogP) is 1.59. The summed E-state index contributed by atoms with van der Waals surface area (Å²) in [5.41, 5.74) is 1.02. The number of hydrogen-bond acceptors (Lipinski definition) is 3. The second-order valence-electron chi connectivity index (χ2n) is 5.53. The summed E-state index contributed by atoms with van der Waals surface area (Å²) in [4.78, 5) is 18.7. The summed E-state index contributed by atoms with van der Waals surface area (Å²) in [7, 11) is 2.01. The molecule has 7 heteroatoms. The van der Waals surface area contributed by atoms with Crippen molar-refractivity contribution in [2.45, 2.75) is 25.8 Å². The second kappa shape index (κ2) is 5.52. The highest BCUT2D eigenvalue weighted by molar-refractivity contribution is 6.30. The van der Waals surface area contributed by atoms with Crippen molar-refractivity contribution in [3.63, 3.8) is 0 Å². The first kappa shape index (κ1) is 14.1. The van der Waals surface area contributed by atoms with E-state index in [1.54, 1.807) is 10.9 Å². The van der Waals surface area contributed by atoms with Gasteiger partial charge in [-0.2, -0.15) is 5.10 Å². The summed E-state index contributed by atoms with van der Waals surface area (Å²) in [5, 5.41) is 4.59. The van der Waals surface area contributed by atoms with E-state index in [0.29, 0.717) is 10.9 Å². The first-order chi connectivity index (χ1) is 10.0. The van der Waals surface area contributed by atoms with Gasteiger partial charge in [-0.05, 0) is 13.3 Å². The van der Waals surface area contributed by atoms with Crippen molar-refractivity contribution in [2.75, 3.05) is 13.1 Å². The fraction of sp³-hybridized carbons (Fsp3) is 0.500. The van der Waals surface area contributed by atoms with Gasteiger partial charge in [-0.25, -0.2) is 4.98 Å². The van der Waals surface area contributed by atoms with E-state index in [4.69, 9.17) is 11.6 Å². The maximum absolute atomic E-state index is 12.3. The third-order valence-electron chi connectivity index (χ3n) is 3.84. The van der Waals surface area contributed by atoms with Crippen molar-refractivity contribution in [3.8, 4) is 0 Å². The lowest BCUT2D eigenvalue weighted by Crippen LogP contribution is -2.32. The Labute approximate surface area is 128 Å². The lowest BCUT2D eigenvalue weighted by atomic mass is 10.1. The molecule has 1 aliphatic heterocycles. The molecule has 0 aliphatic carbocycles. The molecule has 0 saturated carbocycles. The molecule has 0 aromatic carbocycles. The van der Waals surface area contributed by atoms with E-state index in [1.807, 2.05) is 25.1 Å². The predicted molar refractivity (Wildman–Crippen MR) is 79.1 cm³/mol. The number of carbonyl (C=O) groups excluding carboxylic acids is 1. The van der Waals surface area contributed by atoms with Gasteiger partial charge >= 0.3 is 0 Å². The van der Waals surface area contributed by atoms with Crippen LogP contribution in [-0.4, -0.2) is 43.2 Å². The van der Waals surface area contributed by atoms with Crippen LogP contribution >= 0.6 is 11.6 Å². The minimum absolute atomic E-state index is 0.0724. The van der Waals surface area contributed by atoms with Gasteiger partial charge in [0, 0.05) is 38.4 Å². The van der Waals surface area contributed by atoms with Crippen LogP contribution < -0.4 is 0 Å². The SMILES string of the molecule is Cc1cn(C)c([C@H]2CCN(C(=O)Cn3cc(Cl)cn3)C2)n1. The smallest absolute Gasteiger partial charge is 0.244 e. The maximum Gasteiger partial charge on any atom is 0.244 e. The third-order valence-corrected chi connectivity index (χ3v) is 4.03. The number of aromatic nitrogens is 4. The van der Waals surface area contributed by atoms with Crippen LogP contribution in [0.5, 0.6) is 0 Å². The molecule has 0 radical (unpaired) electrons. The standard InChI is InChI=1S/C14H18ClN5O/c1-10-6-18(2)14(17-10)11-3-4-19(7-11)13(21)9-20-8-12(15)5-16-20/h5-6,8,11H,3-4,7,9H2,1-2H3/t11-/m0/s1. The second-order valence-corrected chi connectivity index (χ2v) is 5.97. The van der Waals surface area contributed by atoms with Gasteiger partial charge in [0.2, 0.25) is 5.91 Å². The Kier molecular flexibility index (Phi) is 3.71. The van der Waals surface area contributed by atoms with Crippen molar-refractivity contribution in [3.05, 3.63) is 35.1 Å². The van der Waals surface area contributed by atoms with Crippen molar-refractivity contribution in [2.24, 2.45) is 7.05 Å². The van der Waals surface area contributed by atoms with E-state index < -0.39 is 0 Å². The molecule has 0 spiro atoms. The zero-order chi connectivity index (χ0) is 15.0. The highest BCUT2D eigenvalue weighted by Gasteiger charge is 2.29. The summed E-state index contributed by atoms with van der Waals surface area (Å²) < 4.78 is 3.63. The topological polar surface area (TPSA) is 56.0 Å². The number of halogens is 1. The normalized spacial score (nSPS) is 18.4. The molecule has 0 bridgehead atoms. The van der Waals surface area contributed by atoms with Crippen molar-refractivity contribution in [1.82, 2.24) is 24.2 Å². The third kappa shape index (κ3) is 2.95. The average Bonchev–Trinajstić information content (AvgIpc) is 3.10. The molecule has 2 aromatic rings. The van der Waals surface area contributed by atoms with Gasteiger partial charge in [0.15, 0.2) is 0 Å². The Balaban J connectivity index is 1.64. The lowest BCUT2D eigenvalue weighted by molar-refractivity contribution is -0.131. The Morgan fingerprint density at radius 1 is 1.48 bits per heavy atom. The monoisotopic (exact) mass is 307 g/mol. The molecule has 112 valence electrons. The summed E-state index contributed by atoms with van der Waals surface area (Å²) in [6, 6.07) is 0. The molecule has 21 heavy (non-hydrogen) atoms. The molecule has 1 atom stereocenters. The van der Waals surface area contributed by atoms with Crippen LogP contribution in [-0.2, 0) is 18.4 Å². The minimum atomic E-state index is 0.0724. The molecular weight excluding hydrogens is 290 g/mol. The molecule has 3 rings (SSSR count). The molecule has 1 saturated heterocycles. The number of hydrogen-bond donors (Lipinski definition) is 0. The first-order valence-corrected chi connectivity index (χ1v) is 7.36. The molecule has 0 unspecified atom stereocenters. The van der Waals surface area contributed by atoms with Gasteiger partial charge in [0.25, 0.3) is 0 Å². The molecule has 6 nitrogen and oxygen atoms in total. The van der Waals surface area contributed by atoms with Crippen molar-refractivity contribution < 1.29 is 4.79 Å². The van der Waals surface area contributed by atoms with Gasteiger partial charge in [0.1, 0.15) is 12.4 Å². The summed E-state index contributed by atoms with van der Waals surface area (Å²) in [5.74, 6) is 1.45.